The van der Waals surface area contributed by atoms with Crippen molar-refractivity contribution in [1.29, 1.82) is 0 Å². The normalized spacial score (nSPS) is 12.3. The molecule has 0 saturated heterocycles. The van der Waals surface area contributed by atoms with Gasteiger partial charge >= 0.3 is 11.9 Å². The topological polar surface area (TPSA) is 63.6 Å². The van der Waals surface area contributed by atoms with Crippen LogP contribution in [0.25, 0.3) is 0 Å². The van der Waals surface area contributed by atoms with Gasteiger partial charge in [-0.2, -0.15) is 0 Å². The quantitative estimate of drug-likeness (QED) is 0.0602. The summed E-state index contributed by atoms with van der Waals surface area (Å²) in [6.45, 7) is 4.59. The first kappa shape index (κ1) is 35.7. The molecule has 0 aromatic rings. The fourth-order valence-electron chi connectivity index (χ4n) is 4.84. The van der Waals surface area contributed by atoms with Crippen molar-refractivity contribution in [2.24, 2.45) is 5.92 Å². The summed E-state index contributed by atoms with van der Waals surface area (Å²) in [6, 6.07) is 0. The molecule has 0 rings (SSSR count). The van der Waals surface area contributed by atoms with E-state index in [1.54, 1.807) is 0 Å². The van der Waals surface area contributed by atoms with Crippen LogP contribution in [0, 0.1) is 5.92 Å². The number of allylic oxidation sites excluding steroid dienone is 2. The standard InChI is InChI=1S/C33H62O4/c1-3-5-6-7-8-9-10-11-12-13-14-15-16-17-18-19-20-21-22-23-24-25-26-27-28-31(33(35)36)30-32(34)37-29-4-2/h12-13,31H,3-11,14-30H2,1-2H3,(H,35,36)/b13-12+. The van der Waals surface area contributed by atoms with Crippen molar-refractivity contribution < 1.29 is 19.4 Å². The van der Waals surface area contributed by atoms with Crippen LogP contribution in [0.4, 0.5) is 0 Å². The third-order valence-corrected chi connectivity index (χ3v) is 7.29. The highest BCUT2D eigenvalue weighted by molar-refractivity contribution is 5.78. The average Bonchev–Trinajstić information content (AvgIpc) is 2.89. The third-order valence-electron chi connectivity index (χ3n) is 7.29. The van der Waals surface area contributed by atoms with Gasteiger partial charge in [-0.3, -0.25) is 9.59 Å². The summed E-state index contributed by atoms with van der Waals surface area (Å²) >= 11 is 0. The molecule has 0 aromatic heterocycles. The number of carboxylic acids is 1. The molecule has 0 aromatic carbocycles. The first-order valence-electron chi connectivity index (χ1n) is 16.1. The van der Waals surface area contributed by atoms with Gasteiger partial charge in [-0.1, -0.05) is 142 Å². The van der Waals surface area contributed by atoms with Crippen molar-refractivity contribution in [3.05, 3.63) is 12.2 Å². The summed E-state index contributed by atoms with van der Waals surface area (Å²) in [7, 11) is 0. The highest BCUT2D eigenvalue weighted by Gasteiger charge is 2.21. The number of hydrogen-bond acceptors (Lipinski definition) is 3. The van der Waals surface area contributed by atoms with Crippen LogP contribution in [0.15, 0.2) is 12.2 Å². The molecule has 0 aliphatic carbocycles. The zero-order valence-electron chi connectivity index (χ0n) is 24.8. The minimum absolute atomic E-state index is 0.00569. The van der Waals surface area contributed by atoms with E-state index in [1.165, 1.54) is 128 Å². The first-order chi connectivity index (χ1) is 18.1. The van der Waals surface area contributed by atoms with E-state index in [1.807, 2.05) is 6.92 Å². The van der Waals surface area contributed by atoms with Crippen LogP contribution in [0.2, 0.25) is 0 Å². The second-order valence-corrected chi connectivity index (χ2v) is 11.0. The molecule has 218 valence electrons. The molecular formula is C33H62O4. The fraction of sp³-hybridized carbons (Fsp3) is 0.879. The van der Waals surface area contributed by atoms with Crippen molar-refractivity contribution >= 4 is 11.9 Å². The van der Waals surface area contributed by atoms with Crippen LogP contribution in [0.5, 0.6) is 0 Å². The van der Waals surface area contributed by atoms with E-state index in [2.05, 4.69) is 19.1 Å². The number of hydrogen-bond donors (Lipinski definition) is 1. The molecule has 0 heterocycles. The summed E-state index contributed by atoms with van der Waals surface area (Å²) in [5.41, 5.74) is 0. The van der Waals surface area contributed by atoms with Crippen LogP contribution in [0.1, 0.15) is 174 Å². The molecule has 0 amide bonds. The second kappa shape index (κ2) is 29.2. The van der Waals surface area contributed by atoms with Gasteiger partial charge in [0.05, 0.1) is 18.9 Å². The maximum atomic E-state index is 11.7. The predicted octanol–water partition coefficient (Wildman–Crippen LogP) is 10.6. The molecule has 0 aliphatic rings. The second-order valence-electron chi connectivity index (χ2n) is 11.0. The molecule has 0 spiro atoms. The zero-order valence-corrected chi connectivity index (χ0v) is 24.8. The molecule has 0 fully saturated rings. The molecule has 1 unspecified atom stereocenters. The number of rotatable bonds is 29. The maximum absolute atomic E-state index is 11.7. The molecule has 1 N–H and O–H groups in total. The Labute approximate surface area is 230 Å². The molecule has 1 atom stereocenters. The molecule has 0 aliphatic heterocycles. The van der Waals surface area contributed by atoms with Gasteiger partial charge in [-0.05, 0) is 38.5 Å². The molecule has 0 radical (unpaired) electrons. The Balaban J connectivity index is 3.34. The van der Waals surface area contributed by atoms with Gasteiger partial charge in [0.1, 0.15) is 0 Å². The highest BCUT2D eigenvalue weighted by Crippen LogP contribution is 2.18. The summed E-state index contributed by atoms with van der Waals surface area (Å²) in [4.78, 5) is 23.0. The summed E-state index contributed by atoms with van der Waals surface area (Å²) < 4.78 is 5.02. The van der Waals surface area contributed by atoms with Crippen LogP contribution < -0.4 is 0 Å². The first-order valence-corrected chi connectivity index (χ1v) is 16.1. The van der Waals surface area contributed by atoms with E-state index in [9.17, 15) is 14.7 Å². The van der Waals surface area contributed by atoms with Crippen LogP contribution in [-0.2, 0) is 14.3 Å². The molecule has 0 bridgehead atoms. The van der Waals surface area contributed by atoms with Gasteiger partial charge in [0, 0.05) is 0 Å². The number of ether oxygens (including phenoxy) is 1. The van der Waals surface area contributed by atoms with Crippen LogP contribution >= 0.6 is 0 Å². The average molecular weight is 523 g/mol. The minimum Gasteiger partial charge on any atom is -0.481 e. The number of unbranched alkanes of at least 4 members (excludes halogenated alkanes) is 20. The minimum atomic E-state index is -0.876. The summed E-state index contributed by atoms with van der Waals surface area (Å²) in [6.07, 6.45) is 35.1. The lowest BCUT2D eigenvalue weighted by atomic mass is 9.97. The SMILES string of the molecule is CCCCCCCCC/C=C/CCCCCCCCCCCCCCCC(CC(=O)OCCC)C(=O)O. The van der Waals surface area contributed by atoms with Crippen molar-refractivity contribution in [2.45, 2.75) is 174 Å². The van der Waals surface area contributed by atoms with E-state index < -0.39 is 11.9 Å². The Kier molecular flexibility index (Phi) is 28.2. The van der Waals surface area contributed by atoms with E-state index in [4.69, 9.17) is 4.74 Å². The van der Waals surface area contributed by atoms with E-state index in [-0.39, 0.29) is 12.4 Å². The lowest BCUT2D eigenvalue weighted by molar-refractivity contribution is -0.151. The van der Waals surface area contributed by atoms with Gasteiger partial charge in [0.2, 0.25) is 0 Å². The smallest absolute Gasteiger partial charge is 0.307 e. The van der Waals surface area contributed by atoms with Gasteiger partial charge < -0.3 is 9.84 Å². The Morgan fingerprint density at radius 2 is 1.00 bits per heavy atom. The van der Waals surface area contributed by atoms with E-state index >= 15 is 0 Å². The molecule has 0 saturated carbocycles. The lowest BCUT2D eigenvalue weighted by Crippen LogP contribution is -2.19. The third kappa shape index (κ3) is 27.5. The van der Waals surface area contributed by atoms with Gasteiger partial charge in [0.25, 0.3) is 0 Å². The maximum Gasteiger partial charge on any atom is 0.307 e. The summed E-state index contributed by atoms with van der Waals surface area (Å²) in [5, 5.41) is 9.32. The number of carbonyl (C=O) groups is 2. The predicted molar refractivity (Wildman–Crippen MR) is 158 cm³/mol. The molecule has 4 nitrogen and oxygen atoms in total. The Morgan fingerprint density at radius 3 is 1.41 bits per heavy atom. The molecule has 4 heteroatoms. The monoisotopic (exact) mass is 522 g/mol. The fourth-order valence-corrected chi connectivity index (χ4v) is 4.84. The highest BCUT2D eigenvalue weighted by atomic mass is 16.5. The molecular weight excluding hydrogens is 460 g/mol. The lowest BCUT2D eigenvalue weighted by Gasteiger charge is -2.11. The van der Waals surface area contributed by atoms with Crippen molar-refractivity contribution in [2.75, 3.05) is 6.61 Å². The number of aliphatic carboxylic acids is 1. The zero-order chi connectivity index (χ0) is 27.2. The summed E-state index contributed by atoms with van der Waals surface area (Å²) in [5.74, 6) is -1.85. The van der Waals surface area contributed by atoms with Crippen LogP contribution in [-0.4, -0.2) is 23.7 Å². The van der Waals surface area contributed by atoms with E-state index in [0.29, 0.717) is 13.0 Å². The van der Waals surface area contributed by atoms with E-state index in [0.717, 1.165) is 19.3 Å². The van der Waals surface area contributed by atoms with Gasteiger partial charge in [-0.15, -0.1) is 0 Å². The van der Waals surface area contributed by atoms with Crippen molar-refractivity contribution in [3.8, 4) is 0 Å². The van der Waals surface area contributed by atoms with Crippen molar-refractivity contribution in [1.82, 2.24) is 0 Å². The Morgan fingerprint density at radius 1 is 0.595 bits per heavy atom. The number of esters is 1. The number of carbonyl (C=O) groups excluding carboxylic acids is 1. The Bertz CT molecular complexity index is 528. The number of carboxylic acid groups (broad SMARTS) is 1. The van der Waals surface area contributed by atoms with Crippen molar-refractivity contribution in [3.63, 3.8) is 0 Å². The largest absolute Gasteiger partial charge is 0.481 e. The Hall–Kier alpha value is -1.32. The van der Waals surface area contributed by atoms with Gasteiger partial charge in [0.15, 0.2) is 0 Å². The molecule has 37 heavy (non-hydrogen) atoms. The van der Waals surface area contributed by atoms with Gasteiger partial charge in [-0.25, -0.2) is 0 Å². The van der Waals surface area contributed by atoms with Crippen LogP contribution in [0.3, 0.4) is 0 Å².